The molecule has 0 saturated carbocycles. The minimum Gasteiger partial charge on any atom is -0.332 e. The quantitative estimate of drug-likeness (QED) is 0.827. The van der Waals surface area contributed by atoms with Gasteiger partial charge in [0.2, 0.25) is 5.91 Å². The van der Waals surface area contributed by atoms with E-state index >= 15 is 0 Å². The first-order valence-corrected chi connectivity index (χ1v) is 9.93. The molecule has 0 bridgehead atoms. The molecular weight excluding hydrogens is 340 g/mol. The molecule has 1 atom stereocenters. The summed E-state index contributed by atoms with van der Waals surface area (Å²) in [6, 6.07) is 1.97. The van der Waals surface area contributed by atoms with Crippen LogP contribution in [0.25, 0.3) is 0 Å². The fraction of sp³-hybridized carbons (Fsp3) is 0.600. The Morgan fingerprint density at radius 2 is 2.19 bits per heavy atom. The van der Waals surface area contributed by atoms with Gasteiger partial charge in [-0.3, -0.25) is 9.48 Å². The highest BCUT2D eigenvalue weighted by Crippen LogP contribution is 2.30. The summed E-state index contributed by atoms with van der Waals surface area (Å²) in [6.45, 7) is 5.37. The van der Waals surface area contributed by atoms with Crippen molar-refractivity contribution in [2.24, 2.45) is 0 Å². The van der Waals surface area contributed by atoms with Crippen LogP contribution in [0.4, 0.5) is 0 Å². The predicted octanol–water partition coefficient (Wildman–Crippen LogP) is 2.11. The number of likely N-dealkylation sites (tertiary alicyclic amines) is 1. The summed E-state index contributed by atoms with van der Waals surface area (Å²) >= 11 is 0. The Morgan fingerprint density at radius 1 is 1.30 bits per heavy atom. The molecule has 2 aromatic rings. The second-order valence-electron chi connectivity index (χ2n) is 7.73. The van der Waals surface area contributed by atoms with Gasteiger partial charge in [0, 0.05) is 68.4 Å². The molecule has 27 heavy (non-hydrogen) atoms. The molecule has 1 fully saturated rings. The summed E-state index contributed by atoms with van der Waals surface area (Å²) in [6.07, 6.45) is 8.30. The lowest BCUT2D eigenvalue weighted by atomic mass is 10.00. The number of aromatic nitrogens is 4. The van der Waals surface area contributed by atoms with E-state index in [0.29, 0.717) is 13.0 Å². The molecule has 0 spiro atoms. The van der Waals surface area contributed by atoms with Crippen molar-refractivity contribution < 1.29 is 4.79 Å². The zero-order chi connectivity index (χ0) is 18.8. The van der Waals surface area contributed by atoms with Crippen molar-refractivity contribution >= 4 is 5.91 Å². The highest BCUT2D eigenvalue weighted by atomic mass is 16.2. The summed E-state index contributed by atoms with van der Waals surface area (Å²) < 4.78 is 1.89. The van der Waals surface area contributed by atoms with Crippen LogP contribution in [-0.2, 0) is 24.3 Å². The van der Waals surface area contributed by atoms with E-state index < -0.39 is 0 Å². The van der Waals surface area contributed by atoms with Gasteiger partial charge in [-0.1, -0.05) is 0 Å². The lowest BCUT2D eigenvalue weighted by molar-refractivity contribution is -0.135. The van der Waals surface area contributed by atoms with Crippen molar-refractivity contribution in [1.82, 2.24) is 29.5 Å². The third-order valence-electron chi connectivity index (χ3n) is 5.73. The molecule has 1 unspecified atom stereocenters. The topological polar surface area (TPSA) is 67.2 Å². The van der Waals surface area contributed by atoms with Gasteiger partial charge in [-0.2, -0.15) is 5.10 Å². The number of fused-ring (bicyclic) bond motifs is 1. The highest BCUT2D eigenvalue weighted by Gasteiger charge is 2.30. The van der Waals surface area contributed by atoms with E-state index in [9.17, 15) is 4.79 Å². The Morgan fingerprint density at radius 3 is 3.00 bits per heavy atom. The Labute approximate surface area is 160 Å². The van der Waals surface area contributed by atoms with E-state index in [0.717, 1.165) is 62.5 Å². The average Bonchev–Trinajstić information content (AvgIpc) is 3.10. The lowest BCUT2D eigenvalue weighted by Crippen LogP contribution is -2.40. The van der Waals surface area contributed by atoms with E-state index in [2.05, 4.69) is 22.0 Å². The molecular formula is C20H28N6O. The largest absolute Gasteiger partial charge is 0.332 e. The number of rotatable bonds is 4. The maximum absolute atomic E-state index is 12.9. The molecule has 144 valence electrons. The van der Waals surface area contributed by atoms with Crippen molar-refractivity contribution in [3.63, 3.8) is 0 Å². The molecule has 0 N–H and O–H groups in total. The second-order valence-corrected chi connectivity index (χ2v) is 7.73. The zero-order valence-electron chi connectivity index (χ0n) is 16.3. The van der Waals surface area contributed by atoms with Crippen molar-refractivity contribution in [1.29, 1.82) is 0 Å². The summed E-state index contributed by atoms with van der Waals surface area (Å²) in [7, 11) is 2.12. The fourth-order valence-electron chi connectivity index (χ4n) is 4.11. The van der Waals surface area contributed by atoms with Crippen LogP contribution < -0.4 is 0 Å². The number of hydrogen-bond donors (Lipinski definition) is 0. The maximum Gasteiger partial charge on any atom is 0.225 e. The smallest absolute Gasteiger partial charge is 0.225 e. The van der Waals surface area contributed by atoms with Crippen molar-refractivity contribution in [3.8, 4) is 0 Å². The van der Waals surface area contributed by atoms with Gasteiger partial charge in [0.1, 0.15) is 0 Å². The molecule has 7 nitrogen and oxygen atoms in total. The van der Waals surface area contributed by atoms with Gasteiger partial charge in [-0.05, 0) is 39.3 Å². The molecule has 2 aromatic heterocycles. The minimum absolute atomic E-state index is 0.00919. The molecule has 4 heterocycles. The molecule has 0 aliphatic carbocycles. The minimum atomic E-state index is 0.00919. The van der Waals surface area contributed by atoms with Crippen LogP contribution in [0.5, 0.6) is 0 Å². The van der Waals surface area contributed by atoms with Gasteiger partial charge < -0.3 is 9.80 Å². The van der Waals surface area contributed by atoms with Crippen LogP contribution in [0, 0.1) is 6.92 Å². The highest BCUT2D eigenvalue weighted by molar-refractivity contribution is 5.76. The van der Waals surface area contributed by atoms with E-state index in [1.807, 2.05) is 28.8 Å². The van der Waals surface area contributed by atoms with Crippen LogP contribution in [0.2, 0.25) is 0 Å². The number of amides is 1. The first-order valence-electron chi connectivity index (χ1n) is 9.93. The van der Waals surface area contributed by atoms with E-state index in [1.165, 1.54) is 5.56 Å². The number of aryl methyl sites for hydroxylation is 2. The van der Waals surface area contributed by atoms with Crippen molar-refractivity contribution in [2.45, 2.75) is 58.2 Å². The van der Waals surface area contributed by atoms with Gasteiger partial charge >= 0.3 is 0 Å². The second kappa shape index (κ2) is 7.76. The van der Waals surface area contributed by atoms with Crippen LogP contribution in [0.1, 0.15) is 54.5 Å². The first-order chi connectivity index (χ1) is 13.1. The third-order valence-corrected chi connectivity index (χ3v) is 5.73. The maximum atomic E-state index is 12.9. The summed E-state index contributed by atoms with van der Waals surface area (Å²) in [5, 5.41) is 4.28. The summed E-state index contributed by atoms with van der Waals surface area (Å²) in [5.74, 6) is 0.997. The Balaban J connectivity index is 1.49. The standard InChI is InChI=1S/C20H28N6O/c1-15-6-9-22-26(15)12-8-19(27)25-10-4-3-5-18(25)20-21-13-16-14-24(2)11-7-17(16)23-20/h6,9,13,18H,3-5,7-8,10-12,14H2,1-2H3. The average molecular weight is 368 g/mol. The normalized spacial score (nSPS) is 20.5. The van der Waals surface area contributed by atoms with Crippen molar-refractivity contribution in [2.75, 3.05) is 20.1 Å². The van der Waals surface area contributed by atoms with Gasteiger partial charge in [-0.25, -0.2) is 9.97 Å². The van der Waals surface area contributed by atoms with Crippen LogP contribution in [0.3, 0.4) is 0 Å². The fourth-order valence-corrected chi connectivity index (χ4v) is 4.11. The molecule has 1 saturated heterocycles. The summed E-state index contributed by atoms with van der Waals surface area (Å²) in [5.41, 5.74) is 3.46. The number of carbonyl (C=O) groups excluding carboxylic acids is 1. The molecule has 4 rings (SSSR count). The Bertz CT molecular complexity index is 817. The molecule has 7 heteroatoms. The van der Waals surface area contributed by atoms with Gasteiger partial charge in [0.05, 0.1) is 6.04 Å². The lowest BCUT2D eigenvalue weighted by Gasteiger charge is -2.35. The molecule has 2 aliphatic rings. The number of likely N-dealkylation sites (N-methyl/N-ethyl adjacent to an activating group) is 1. The number of hydrogen-bond acceptors (Lipinski definition) is 5. The molecule has 0 aromatic carbocycles. The molecule has 0 radical (unpaired) electrons. The Hall–Kier alpha value is -2.28. The summed E-state index contributed by atoms with van der Waals surface area (Å²) in [4.78, 5) is 26.8. The SMILES string of the molecule is Cc1ccnn1CCC(=O)N1CCCCC1c1ncc2c(n1)CCN(C)C2. The number of carbonyl (C=O) groups is 1. The first kappa shape index (κ1) is 18.1. The van der Waals surface area contributed by atoms with Gasteiger partial charge in [0.15, 0.2) is 5.82 Å². The number of nitrogens with zero attached hydrogens (tertiary/aromatic N) is 6. The molecule has 2 aliphatic heterocycles. The van der Waals surface area contributed by atoms with Crippen LogP contribution in [-0.4, -0.2) is 55.6 Å². The van der Waals surface area contributed by atoms with E-state index in [1.54, 1.807) is 6.20 Å². The predicted molar refractivity (Wildman–Crippen MR) is 102 cm³/mol. The van der Waals surface area contributed by atoms with Crippen LogP contribution in [0.15, 0.2) is 18.5 Å². The van der Waals surface area contributed by atoms with Gasteiger partial charge in [-0.15, -0.1) is 0 Å². The van der Waals surface area contributed by atoms with Crippen molar-refractivity contribution in [3.05, 3.63) is 41.2 Å². The third kappa shape index (κ3) is 3.88. The number of piperidine rings is 1. The van der Waals surface area contributed by atoms with Gasteiger partial charge in [0.25, 0.3) is 0 Å². The zero-order valence-corrected chi connectivity index (χ0v) is 16.3. The van der Waals surface area contributed by atoms with E-state index in [4.69, 9.17) is 4.98 Å². The molecule has 1 amide bonds. The van der Waals surface area contributed by atoms with Crippen LogP contribution >= 0.6 is 0 Å². The Kier molecular flexibility index (Phi) is 5.20. The van der Waals surface area contributed by atoms with E-state index in [-0.39, 0.29) is 11.9 Å². The monoisotopic (exact) mass is 368 g/mol.